The molecule has 38 heavy (non-hydrogen) atoms. The molecule has 0 saturated carbocycles. The summed E-state index contributed by atoms with van der Waals surface area (Å²) in [5.74, 6) is -0.856. The van der Waals surface area contributed by atoms with E-state index in [1.165, 1.54) is 4.90 Å². The van der Waals surface area contributed by atoms with Gasteiger partial charge in [-0.25, -0.2) is 8.42 Å². The van der Waals surface area contributed by atoms with Gasteiger partial charge in [-0.2, -0.15) is 0 Å². The van der Waals surface area contributed by atoms with Gasteiger partial charge in [0, 0.05) is 29.0 Å². The average Bonchev–Trinajstić information content (AvgIpc) is 2.87. The molecule has 10 heteroatoms. The predicted octanol–water partition coefficient (Wildman–Crippen LogP) is 4.95. The standard InChI is InChI=1S/C28H31BrClN3O4S/c1-4-31-28(35)26(17-21-10-6-5-7-11-21)32(18-22-12-8-9-13-25(22)30)27(34)19-33(38(3,36)37)23-14-15-24(29)20(2)16-23/h5-16,26H,4,17-19H2,1-3H3,(H,31,35)/t26-/m0/s1. The molecule has 3 aromatic rings. The molecule has 3 rings (SSSR count). The SMILES string of the molecule is CCNC(=O)[C@H](Cc1ccccc1)N(Cc1ccccc1Cl)C(=O)CN(c1ccc(Br)c(C)c1)S(C)(=O)=O. The molecule has 0 radical (unpaired) electrons. The molecule has 0 aromatic heterocycles. The van der Waals surface area contributed by atoms with Crippen molar-refractivity contribution in [1.29, 1.82) is 0 Å². The zero-order chi connectivity index (χ0) is 27.9. The first-order chi connectivity index (χ1) is 18.0. The van der Waals surface area contributed by atoms with Crippen molar-refractivity contribution in [2.45, 2.75) is 32.9 Å². The Balaban J connectivity index is 2.06. The van der Waals surface area contributed by atoms with E-state index in [1.54, 1.807) is 49.4 Å². The van der Waals surface area contributed by atoms with Crippen molar-refractivity contribution in [2.24, 2.45) is 0 Å². The minimum Gasteiger partial charge on any atom is -0.355 e. The number of sulfonamides is 1. The van der Waals surface area contributed by atoms with Crippen LogP contribution in [0.1, 0.15) is 23.6 Å². The highest BCUT2D eigenvalue weighted by Crippen LogP contribution is 2.26. The van der Waals surface area contributed by atoms with Crippen LogP contribution in [-0.2, 0) is 32.6 Å². The van der Waals surface area contributed by atoms with Gasteiger partial charge >= 0.3 is 0 Å². The second-order valence-electron chi connectivity index (χ2n) is 8.92. The zero-order valence-corrected chi connectivity index (χ0v) is 24.7. The summed E-state index contributed by atoms with van der Waals surface area (Å²) in [4.78, 5) is 28.7. The first kappa shape index (κ1) is 29.7. The summed E-state index contributed by atoms with van der Waals surface area (Å²) in [5, 5.41) is 3.28. The van der Waals surface area contributed by atoms with Gasteiger partial charge in [-0.05, 0) is 54.8 Å². The molecule has 0 aliphatic carbocycles. The lowest BCUT2D eigenvalue weighted by molar-refractivity contribution is -0.140. The first-order valence-corrected chi connectivity index (χ1v) is 15.1. The molecule has 7 nitrogen and oxygen atoms in total. The van der Waals surface area contributed by atoms with Gasteiger partial charge in [-0.3, -0.25) is 13.9 Å². The molecule has 0 aliphatic heterocycles. The van der Waals surface area contributed by atoms with Crippen LogP contribution in [-0.4, -0.2) is 50.5 Å². The van der Waals surface area contributed by atoms with E-state index in [-0.39, 0.29) is 18.9 Å². The number of nitrogens with one attached hydrogen (secondary N) is 1. The van der Waals surface area contributed by atoms with Crippen molar-refractivity contribution in [3.63, 3.8) is 0 Å². The van der Waals surface area contributed by atoms with Gasteiger partial charge in [0.15, 0.2) is 0 Å². The second-order valence-corrected chi connectivity index (χ2v) is 12.1. The van der Waals surface area contributed by atoms with Crippen molar-refractivity contribution in [3.05, 3.63) is 99.0 Å². The predicted molar refractivity (Wildman–Crippen MR) is 156 cm³/mol. The quantitative estimate of drug-likeness (QED) is 0.329. The van der Waals surface area contributed by atoms with E-state index in [9.17, 15) is 18.0 Å². The lowest BCUT2D eigenvalue weighted by atomic mass is 10.0. The lowest BCUT2D eigenvalue weighted by Gasteiger charge is -2.33. The topological polar surface area (TPSA) is 86.8 Å². The monoisotopic (exact) mass is 619 g/mol. The fraction of sp³-hybridized carbons (Fsp3) is 0.286. The Kier molecular flexibility index (Phi) is 10.4. The summed E-state index contributed by atoms with van der Waals surface area (Å²) in [6, 6.07) is 20.6. The highest BCUT2D eigenvalue weighted by Gasteiger charge is 2.33. The summed E-state index contributed by atoms with van der Waals surface area (Å²) in [7, 11) is -3.83. The number of carbonyl (C=O) groups excluding carboxylic acids is 2. The maximum Gasteiger partial charge on any atom is 0.244 e. The Labute approximate surface area is 238 Å². The number of likely N-dealkylation sites (N-methyl/N-ethyl adjacent to an activating group) is 1. The van der Waals surface area contributed by atoms with Gasteiger partial charge in [0.1, 0.15) is 12.6 Å². The second kappa shape index (κ2) is 13.3. The third kappa shape index (κ3) is 7.82. The molecule has 0 saturated heterocycles. The van der Waals surface area contributed by atoms with Crippen LogP contribution in [0.4, 0.5) is 5.69 Å². The molecule has 3 aromatic carbocycles. The number of rotatable bonds is 11. The van der Waals surface area contributed by atoms with Crippen molar-refractivity contribution in [2.75, 3.05) is 23.7 Å². The summed E-state index contributed by atoms with van der Waals surface area (Å²) in [5.41, 5.74) is 2.69. The summed E-state index contributed by atoms with van der Waals surface area (Å²) in [6.45, 7) is 3.58. The molecule has 0 bridgehead atoms. The van der Waals surface area contributed by atoms with E-state index in [4.69, 9.17) is 11.6 Å². The third-order valence-corrected chi connectivity index (χ3v) is 8.43. The molecular weight excluding hydrogens is 590 g/mol. The smallest absolute Gasteiger partial charge is 0.244 e. The maximum atomic E-state index is 14.0. The van der Waals surface area contributed by atoms with Crippen LogP contribution in [0.15, 0.2) is 77.3 Å². The number of amides is 2. The Morgan fingerprint density at radius 3 is 2.29 bits per heavy atom. The van der Waals surface area contributed by atoms with E-state index in [2.05, 4.69) is 21.2 Å². The minimum absolute atomic E-state index is 0.0319. The van der Waals surface area contributed by atoms with Gasteiger partial charge < -0.3 is 10.2 Å². The zero-order valence-electron chi connectivity index (χ0n) is 21.5. The normalized spacial score (nSPS) is 12.0. The minimum atomic E-state index is -3.83. The van der Waals surface area contributed by atoms with E-state index in [0.29, 0.717) is 22.8 Å². The molecule has 2 amide bonds. The summed E-state index contributed by atoms with van der Waals surface area (Å²) >= 11 is 9.86. The molecule has 0 unspecified atom stereocenters. The molecule has 0 heterocycles. The van der Waals surface area contributed by atoms with E-state index in [0.717, 1.165) is 26.2 Å². The van der Waals surface area contributed by atoms with Crippen LogP contribution < -0.4 is 9.62 Å². The van der Waals surface area contributed by atoms with Crippen molar-refractivity contribution in [1.82, 2.24) is 10.2 Å². The van der Waals surface area contributed by atoms with Crippen LogP contribution >= 0.6 is 27.5 Å². The molecular formula is C28H31BrClN3O4S. The van der Waals surface area contributed by atoms with Gasteiger partial charge in [0.25, 0.3) is 0 Å². The average molecular weight is 621 g/mol. The number of hydrogen-bond donors (Lipinski definition) is 1. The third-order valence-electron chi connectivity index (χ3n) is 6.03. The number of anilines is 1. The molecule has 0 spiro atoms. The van der Waals surface area contributed by atoms with Crippen LogP contribution in [0.2, 0.25) is 5.02 Å². The molecule has 0 aliphatic rings. The molecule has 1 N–H and O–H groups in total. The van der Waals surface area contributed by atoms with Crippen LogP contribution in [0.25, 0.3) is 0 Å². The van der Waals surface area contributed by atoms with Gasteiger partial charge in [-0.15, -0.1) is 0 Å². The summed E-state index contributed by atoms with van der Waals surface area (Å²) < 4.78 is 27.6. The summed E-state index contributed by atoms with van der Waals surface area (Å²) in [6.07, 6.45) is 1.31. The fourth-order valence-corrected chi connectivity index (χ4v) is 5.34. The van der Waals surface area contributed by atoms with Crippen LogP contribution in [0.3, 0.4) is 0 Å². The van der Waals surface area contributed by atoms with E-state index >= 15 is 0 Å². The van der Waals surface area contributed by atoms with E-state index < -0.39 is 28.5 Å². The lowest BCUT2D eigenvalue weighted by Crippen LogP contribution is -2.53. The van der Waals surface area contributed by atoms with Gasteiger partial charge in [0.05, 0.1) is 11.9 Å². The number of halogens is 2. The maximum absolute atomic E-state index is 14.0. The number of hydrogen-bond acceptors (Lipinski definition) is 4. The number of aryl methyl sites for hydroxylation is 1. The van der Waals surface area contributed by atoms with Crippen molar-refractivity contribution in [3.8, 4) is 0 Å². The number of benzene rings is 3. The van der Waals surface area contributed by atoms with Crippen LogP contribution in [0, 0.1) is 6.92 Å². The Hall–Kier alpha value is -2.88. The highest BCUT2D eigenvalue weighted by molar-refractivity contribution is 9.10. The first-order valence-electron chi connectivity index (χ1n) is 12.1. The Bertz CT molecular complexity index is 1390. The van der Waals surface area contributed by atoms with Crippen LogP contribution in [0.5, 0.6) is 0 Å². The van der Waals surface area contributed by atoms with E-state index in [1.807, 2.05) is 37.3 Å². The molecule has 202 valence electrons. The number of carbonyl (C=O) groups is 2. The van der Waals surface area contributed by atoms with Crippen molar-refractivity contribution < 1.29 is 18.0 Å². The highest BCUT2D eigenvalue weighted by atomic mass is 79.9. The Morgan fingerprint density at radius 1 is 1.03 bits per heavy atom. The number of nitrogens with zero attached hydrogens (tertiary/aromatic N) is 2. The molecule has 1 atom stereocenters. The van der Waals surface area contributed by atoms with Crippen molar-refractivity contribution >= 4 is 55.1 Å². The van der Waals surface area contributed by atoms with Gasteiger partial charge in [0.2, 0.25) is 21.8 Å². The molecule has 0 fully saturated rings. The van der Waals surface area contributed by atoms with Gasteiger partial charge in [-0.1, -0.05) is 76.1 Å². The Morgan fingerprint density at radius 2 is 1.68 bits per heavy atom. The largest absolute Gasteiger partial charge is 0.355 e. The fourth-order valence-electron chi connectivity index (χ4n) is 4.05.